The number of aryl methyl sites for hydroxylation is 3. The fourth-order valence-electron chi connectivity index (χ4n) is 4.38. The summed E-state index contributed by atoms with van der Waals surface area (Å²) in [5, 5.41) is 1.00. The summed E-state index contributed by atoms with van der Waals surface area (Å²) < 4.78 is 0. The zero-order valence-electron chi connectivity index (χ0n) is 16.2. The maximum atomic E-state index is 13.1. The van der Waals surface area contributed by atoms with Crippen molar-refractivity contribution < 1.29 is 9.59 Å². The van der Waals surface area contributed by atoms with Crippen molar-refractivity contribution in [3.63, 3.8) is 0 Å². The van der Waals surface area contributed by atoms with Crippen LogP contribution in [-0.2, 0) is 4.79 Å². The Hall–Kier alpha value is -2.02. The number of fused-ring (bicyclic) bond motifs is 1. The summed E-state index contributed by atoms with van der Waals surface area (Å²) in [5.74, 6) is 1.29. The van der Waals surface area contributed by atoms with Gasteiger partial charge in [0.1, 0.15) is 10.7 Å². The van der Waals surface area contributed by atoms with Crippen molar-refractivity contribution in [2.75, 3.05) is 26.2 Å². The van der Waals surface area contributed by atoms with E-state index >= 15 is 0 Å². The van der Waals surface area contributed by atoms with Gasteiger partial charge in [-0.1, -0.05) is 12.8 Å². The molecule has 2 aromatic rings. The number of carbonyl (C=O) groups is 2. The van der Waals surface area contributed by atoms with E-state index in [4.69, 9.17) is 0 Å². The summed E-state index contributed by atoms with van der Waals surface area (Å²) >= 11 is 1.46. The van der Waals surface area contributed by atoms with Gasteiger partial charge in [0.15, 0.2) is 0 Å². The molecule has 7 heteroatoms. The minimum atomic E-state index is 0.0560. The molecular weight excluding hydrogens is 360 g/mol. The van der Waals surface area contributed by atoms with Crippen LogP contribution in [0.1, 0.15) is 52.4 Å². The third-order valence-electron chi connectivity index (χ3n) is 5.86. The molecule has 2 amide bonds. The third kappa shape index (κ3) is 3.33. The van der Waals surface area contributed by atoms with E-state index < -0.39 is 0 Å². The van der Waals surface area contributed by atoms with Crippen molar-refractivity contribution >= 4 is 33.4 Å². The Morgan fingerprint density at radius 1 is 0.963 bits per heavy atom. The van der Waals surface area contributed by atoms with E-state index in [1.807, 2.05) is 30.6 Å². The molecule has 2 aromatic heterocycles. The molecule has 3 heterocycles. The van der Waals surface area contributed by atoms with Crippen LogP contribution in [-0.4, -0.2) is 57.8 Å². The highest BCUT2D eigenvalue weighted by atomic mass is 32.1. The molecule has 0 unspecified atom stereocenters. The van der Waals surface area contributed by atoms with E-state index in [1.165, 1.54) is 24.2 Å². The lowest BCUT2D eigenvalue weighted by Gasteiger charge is -2.36. The number of hydrogen-bond acceptors (Lipinski definition) is 5. The minimum Gasteiger partial charge on any atom is -0.339 e. The van der Waals surface area contributed by atoms with Gasteiger partial charge in [-0.2, -0.15) is 0 Å². The van der Waals surface area contributed by atoms with E-state index in [0.717, 1.165) is 45.0 Å². The molecule has 0 spiro atoms. The Morgan fingerprint density at radius 2 is 1.59 bits per heavy atom. The highest BCUT2D eigenvalue weighted by molar-refractivity contribution is 7.20. The number of hydrogen-bond donors (Lipinski definition) is 0. The second-order valence-electron chi connectivity index (χ2n) is 7.69. The summed E-state index contributed by atoms with van der Waals surface area (Å²) in [6.45, 7) is 8.33. The summed E-state index contributed by atoms with van der Waals surface area (Å²) in [6.07, 6.45) is 4.39. The molecule has 144 valence electrons. The van der Waals surface area contributed by atoms with E-state index in [1.54, 1.807) is 0 Å². The number of amides is 2. The lowest BCUT2D eigenvalue weighted by Crippen LogP contribution is -2.51. The topological polar surface area (TPSA) is 66.4 Å². The first-order valence-electron chi connectivity index (χ1n) is 9.78. The second-order valence-corrected chi connectivity index (χ2v) is 8.69. The van der Waals surface area contributed by atoms with Gasteiger partial charge in [-0.3, -0.25) is 9.59 Å². The molecule has 0 atom stereocenters. The zero-order valence-corrected chi connectivity index (χ0v) is 17.1. The maximum Gasteiger partial charge on any atom is 0.264 e. The first kappa shape index (κ1) is 18.3. The molecule has 0 N–H and O–H groups in total. The van der Waals surface area contributed by atoms with E-state index in [9.17, 15) is 9.59 Å². The fraction of sp³-hybridized carbons (Fsp3) is 0.600. The average molecular weight is 387 g/mol. The molecule has 2 fully saturated rings. The highest BCUT2D eigenvalue weighted by Crippen LogP contribution is 2.32. The largest absolute Gasteiger partial charge is 0.339 e. The van der Waals surface area contributed by atoms with Crippen LogP contribution in [0, 0.1) is 26.7 Å². The molecule has 1 aliphatic heterocycles. The SMILES string of the molecule is Cc1nc(C)c2c(C)c(C(=O)N3CCN(C(=O)C4CCCC4)CC3)sc2n1. The van der Waals surface area contributed by atoms with Crippen molar-refractivity contribution in [3.8, 4) is 0 Å². The lowest BCUT2D eigenvalue weighted by atomic mass is 10.1. The predicted molar refractivity (Wildman–Crippen MR) is 106 cm³/mol. The zero-order chi connectivity index (χ0) is 19.1. The Kier molecular flexibility index (Phi) is 4.88. The van der Waals surface area contributed by atoms with Crippen LogP contribution < -0.4 is 0 Å². The number of rotatable bonds is 2. The monoisotopic (exact) mass is 386 g/mol. The quantitative estimate of drug-likeness (QED) is 0.795. The first-order chi connectivity index (χ1) is 13.0. The minimum absolute atomic E-state index is 0.0560. The molecule has 6 nitrogen and oxygen atoms in total. The van der Waals surface area contributed by atoms with Crippen LogP contribution in [0.3, 0.4) is 0 Å². The van der Waals surface area contributed by atoms with Gasteiger partial charge in [-0.05, 0) is 39.2 Å². The van der Waals surface area contributed by atoms with Gasteiger partial charge in [-0.15, -0.1) is 11.3 Å². The maximum absolute atomic E-state index is 13.1. The van der Waals surface area contributed by atoms with E-state index in [0.29, 0.717) is 32.1 Å². The smallest absolute Gasteiger partial charge is 0.264 e. The van der Waals surface area contributed by atoms with Crippen LogP contribution in [0.15, 0.2) is 0 Å². The van der Waals surface area contributed by atoms with Crippen molar-refractivity contribution in [1.29, 1.82) is 0 Å². The molecule has 2 aliphatic rings. The van der Waals surface area contributed by atoms with Crippen LogP contribution in [0.5, 0.6) is 0 Å². The molecule has 0 bridgehead atoms. The molecule has 27 heavy (non-hydrogen) atoms. The van der Waals surface area contributed by atoms with Crippen molar-refractivity contribution in [2.24, 2.45) is 5.92 Å². The Balaban J connectivity index is 1.48. The average Bonchev–Trinajstić information content (AvgIpc) is 3.29. The molecular formula is C20H26N4O2S. The van der Waals surface area contributed by atoms with E-state index in [-0.39, 0.29) is 11.8 Å². The Labute approximate surface area is 163 Å². The third-order valence-corrected chi connectivity index (χ3v) is 7.03. The van der Waals surface area contributed by atoms with Crippen LogP contribution >= 0.6 is 11.3 Å². The highest BCUT2D eigenvalue weighted by Gasteiger charge is 2.31. The summed E-state index contributed by atoms with van der Waals surface area (Å²) in [4.78, 5) is 40.1. The lowest BCUT2D eigenvalue weighted by molar-refractivity contribution is -0.136. The number of nitrogens with zero attached hydrogens (tertiary/aromatic N) is 4. The summed E-state index contributed by atoms with van der Waals surface area (Å²) in [5.41, 5.74) is 1.90. The molecule has 0 aromatic carbocycles. The fourth-order valence-corrected chi connectivity index (χ4v) is 5.63. The number of thiophene rings is 1. The Morgan fingerprint density at radius 3 is 2.26 bits per heavy atom. The van der Waals surface area contributed by atoms with Gasteiger partial charge >= 0.3 is 0 Å². The predicted octanol–water partition coefficient (Wildman–Crippen LogP) is 3.09. The van der Waals surface area contributed by atoms with Gasteiger partial charge in [0.05, 0.1) is 4.88 Å². The molecule has 0 radical (unpaired) electrons. The van der Waals surface area contributed by atoms with Crippen LogP contribution in [0.4, 0.5) is 0 Å². The molecule has 1 saturated heterocycles. The first-order valence-corrected chi connectivity index (χ1v) is 10.6. The van der Waals surface area contributed by atoms with Gasteiger partial charge in [0.25, 0.3) is 5.91 Å². The van der Waals surface area contributed by atoms with Gasteiger partial charge < -0.3 is 9.80 Å². The van der Waals surface area contributed by atoms with Crippen molar-refractivity contribution in [3.05, 3.63) is 22.0 Å². The van der Waals surface area contributed by atoms with Gasteiger partial charge in [0.2, 0.25) is 5.91 Å². The number of piperazine rings is 1. The molecule has 1 saturated carbocycles. The van der Waals surface area contributed by atoms with Crippen molar-refractivity contribution in [2.45, 2.75) is 46.5 Å². The van der Waals surface area contributed by atoms with Crippen LogP contribution in [0.2, 0.25) is 0 Å². The van der Waals surface area contributed by atoms with E-state index in [2.05, 4.69) is 9.97 Å². The van der Waals surface area contributed by atoms with Crippen molar-refractivity contribution in [1.82, 2.24) is 19.8 Å². The number of carbonyl (C=O) groups excluding carboxylic acids is 2. The number of aromatic nitrogens is 2. The Bertz CT molecular complexity index is 893. The summed E-state index contributed by atoms with van der Waals surface area (Å²) in [7, 11) is 0. The molecule has 4 rings (SSSR count). The normalized spacial score (nSPS) is 18.5. The molecule has 1 aliphatic carbocycles. The summed E-state index contributed by atoms with van der Waals surface area (Å²) in [6, 6.07) is 0. The van der Waals surface area contributed by atoms with Gasteiger partial charge in [-0.25, -0.2) is 9.97 Å². The van der Waals surface area contributed by atoms with Gasteiger partial charge in [0, 0.05) is 43.2 Å². The standard InChI is InChI=1S/C20H26N4O2S/c1-12-16-13(2)21-14(3)22-18(16)27-17(12)20(26)24-10-8-23(9-11-24)19(25)15-6-4-5-7-15/h15H,4-11H2,1-3H3. The second kappa shape index (κ2) is 7.19. The van der Waals surface area contributed by atoms with Crippen LogP contribution in [0.25, 0.3) is 10.2 Å².